The molecule has 0 bridgehead atoms. The molecule has 3 aromatic carbocycles. The van der Waals surface area contributed by atoms with Gasteiger partial charge in [-0.15, -0.1) is 54.1 Å². The Morgan fingerprint density at radius 2 is 1.73 bits per heavy atom. The standard InChI is InChI=1S/C22H23N2.C17H11N2O.Ir/c1-15-10-12-18-17(14-22(2,3)4)11-13-19-20(18)24(15)21(23-19)16-8-6-5-7-9-16;1-11-8-9-13-12-5-4-6-14(15-7-2-3-10-18-15)16(12)20-17(13)19-11;/h5-8,10-13,15H,14H2,1-4H3;2-5,7-10H,1H3;/q2*-1;. The summed E-state index contributed by atoms with van der Waals surface area (Å²) < 4.78 is 8.30. The Bertz CT molecular complexity index is 2160. The van der Waals surface area contributed by atoms with Crippen molar-refractivity contribution >= 4 is 39.2 Å². The summed E-state index contributed by atoms with van der Waals surface area (Å²) in [5.74, 6) is 1.01. The normalized spacial score (nSPS) is 13.9. The van der Waals surface area contributed by atoms with E-state index in [2.05, 4.69) is 84.7 Å². The number of benzene rings is 3. The smallest absolute Gasteiger partial charge is 0.216 e. The quantitative estimate of drug-likeness (QED) is 0.168. The molecule has 6 heteroatoms. The van der Waals surface area contributed by atoms with Gasteiger partial charge in [-0.1, -0.05) is 62.1 Å². The van der Waals surface area contributed by atoms with E-state index in [1.54, 1.807) is 6.20 Å². The molecular weight excluding hydrogens is 733 g/mol. The van der Waals surface area contributed by atoms with Crippen LogP contribution in [0, 0.1) is 24.5 Å². The van der Waals surface area contributed by atoms with Crippen LogP contribution in [0.5, 0.6) is 0 Å². The third-order valence-corrected chi connectivity index (χ3v) is 7.96. The minimum absolute atomic E-state index is 0. The molecule has 0 spiro atoms. The van der Waals surface area contributed by atoms with E-state index < -0.39 is 0 Å². The number of fused-ring (bicyclic) bond motifs is 3. The second-order valence-corrected chi connectivity index (χ2v) is 12.6. The molecule has 8 rings (SSSR count). The predicted octanol–water partition coefficient (Wildman–Crippen LogP) is 9.83. The number of hydrogen-bond donors (Lipinski definition) is 0. The van der Waals surface area contributed by atoms with E-state index in [1.807, 2.05) is 67.6 Å². The Labute approximate surface area is 277 Å². The fourth-order valence-electron chi connectivity index (χ4n) is 6.02. The van der Waals surface area contributed by atoms with Crippen molar-refractivity contribution in [1.82, 2.24) is 19.5 Å². The molecule has 7 aromatic rings. The van der Waals surface area contributed by atoms with E-state index in [9.17, 15) is 0 Å². The van der Waals surface area contributed by atoms with Crippen molar-refractivity contribution in [3.8, 4) is 22.6 Å². The fraction of sp³-hybridized carbons (Fsp3) is 0.205. The second kappa shape index (κ2) is 12.2. The molecular formula is C39H34IrN4O-2. The van der Waals surface area contributed by atoms with Gasteiger partial charge in [0, 0.05) is 49.0 Å². The molecule has 5 heterocycles. The van der Waals surface area contributed by atoms with Crippen molar-refractivity contribution in [1.29, 1.82) is 0 Å². The van der Waals surface area contributed by atoms with Gasteiger partial charge in [0.2, 0.25) is 5.71 Å². The van der Waals surface area contributed by atoms with E-state index in [1.165, 1.54) is 16.6 Å². The minimum atomic E-state index is 0. The zero-order valence-corrected chi connectivity index (χ0v) is 28.4. The van der Waals surface area contributed by atoms with Crippen molar-refractivity contribution in [2.45, 2.75) is 47.1 Å². The molecule has 45 heavy (non-hydrogen) atoms. The molecule has 1 aliphatic rings. The number of nitrogens with zero attached hydrogens (tertiary/aromatic N) is 4. The third-order valence-electron chi connectivity index (χ3n) is 7.96. The number of rotatable bonds is 3. The predicted molar refractivity (Wildman–Crippen MR) is 179 cm³/mol. The van der Waals surface area contributed by atoms with Gasteiger partial charge >= 0.3 is 0 Å². The van der Waals surface area contributed by atoms with Gasteiger partial charge in [0.1, 0.15) is 0 Å². The largest absolute Gasteiger partial charge is 0.486 e. The summed E-state index contributed by atoms with van der Waals surface area (Å²) in [6.45, 7) is 11.1. The Balaban J connectivity index is 0.000000158. The van der Waals surface area contributed by atoms with Crippen LogP contribution in [0.1, 0.15) is 50.6 Å². The summed E-state index contributed by atoms with van der Waals surface area (Å²) in [6.07, 6.45) is 7.40. The molecule has 0 amide bonds. The number of pyridine rings is 2. The van der Waals surface area contributed by atoms with Crippen molar-refractivity contribution in [3.63, 3.8) is 0 Å². The first-order valence-electron chi connectivity index (χ1n) is 15.1. The van der Waals surface area contributed by atoms with E-state index in [0.717, 1.165) is 56.6 Å². The molecule has 1 atom stereocenters. The van der Waals surface area contributed by atoms with Crippen molar-refractivity contribution in [3.05, 3.63) is 120 Å². The number of aryl methyl sites for hydroxylation is 1. The first-order chi connectivity index (χ1) is 21.3. The first kappa shape index (κ1) is 30.6. The van der Waals surface area contributed by atoms with Gasteiger partial charge in [0.05, 0.1) is 22.4 Å². The van der Waals surface area contributed by atoms with Crippen LogP contribution >= 0.6 is 0 Å². The van der Waals surface area contributed by atoms with Crippen LogP contribution in [0.4, 0.5) is 0 Å². The number of aromatic nitrogens is 4. The van der Waals surface area contributed by atoms with Gasteiger partial charge in [0.25, 0.3) is 0 Å². The summed E-state index contributed by atoms with van der Waals surface area (Å²) in [5, 5.41) is 2.07. The Hall–Kier alpha value is -4.38. The zero-order chi connectivity index (χ0) is 30.4. The van der Waals surface area contributed by atoms with Crippen LogP contribution < -0.4 is 0 Å². The summed E-state index contributed by atoms with van der Waals surface area (Å²) >= 11 is 0. The SMILES string of the molecule is CC1C=Cc2c(CC(C)(C)C)ccc3nc(-c4[c-]cccc4)n1c23.Cc1ccc2c(n1)oc1c(-c3ccccn3)[c-]ccc12.[Ir]. The summed E-state index contributed by atoms with van der Waals surface area (Å²) in [5.41, 5.74) is 10.5. The fourth-order valence-corrected chi connectivity index (χ4v) is 6.02. The molecule has 0 fully saturated rings. The van der Waals surface area contributed by atoms with Crippen molar-refractivity contribution in [2.75, 3.05) is 0 Å². The number of hydrogen-bond acceptors (Lipinski definition) is 4. The Morgan fingerprint density at radius 3 is 2.49 bits per heavy atom. The first-order valence-corrected chi connectivity index (χ1v) is 15.1. The van der Waals surface area contributed by atoms with Crippen LogP contribution in [-0.2, 0) is 26.5 Å². The van der Waals surface area contributed by atoms with Crippen LogP contribution in [0.25, 0.3) is 61.8 Å². The van der Waals surface area contributed by atoms with Gasteiger partial charge in [-0.25, -0.2) is 4.98 Å². The molecule has 0 N–H and O–H groups in total. The maximum atomic E-state index is 5.94. The van der Waals surface area contributed by atoms with Crippen LogP contribution in [0.15, 0.2) is 95.6 Å². The Kier molecular flexibility index (Phi) is 8.30. The van der Waals surface area contributed by atoms with E-state index >= 15 is 0 Å². The molecule has 0 saturated heterocycles. The van der Waals surface area contributed by atoms with E-state index in [-0.39, 0.29) is 25.5 Å². The zero-order valence-electron chi connectivity index (χ0n) is 26.1. The summed E-state index contributed by atoms with van der Waals surface area (Å²) in [7, 11) is 0. The van der Waals surface area contributed by atoms with Crippen molar-refractivity contribution < 1.29 is 24.5 Å². The molecule has 1 radical (unpaired) electrons. The molecule has 0 aliphatic carbocycles. The second-order valence-electron chi connectivity index (χ2n) is 12.6. The molecule has 0 saturated carbocycles. The molecule has 5 nitrogen and oxygen atoms in total. The maximum absolute atomic E-state index is 5.94. The topological polar surface area (TPSA) is 56.7 Å². The van der Waals surface area contributed by atoms with Crippen molar-refractivity contribution in [2.24, 2.45) is 5.41 Å². The number of furan rings is 1. The average Bonchev–Trinajstić information content (AvgIpc) is 3.60. The summed E-state index contributed by atoms with van der Waals surface area (Å²) in [4.78, 5) is 13.8. The maximum Gasteiger partial charge on any atom is 0.216 e. The van der Waals surface area contributed by atoms with Crippen LogP contribution in [0.3, 0.4) is 0 Å². The van der Waals surface area contributed by atoms with Gasteiger partial charge in [0.15, 0.2) is 0 Å². The number of allylic oxidation sites excluding steroid dienone is 1. The molecule has 4 aromatic heterocycles. The third kappa shape index (κ3) is 5.88. The molecule has 1 aliphatic heterocycles. The monoisotopic (exact) mass is 767 g/mol. The van der Waals surface area contributed by atoms with Crippen LogP contribution in [-0.4, -0.2) is 19.5 Å². The molecule has 1 unspecified atom stereocenters. The van der Waals surface area contributed by atoms with Gasteiger partial charge < -0.3 is 14.0 Å². The van der Waals surface area contributed by atoms with E-state index in [4.69, 9.17) is 9.40 Å². The van der Waals surface area contributed by atoms with Gasteiger partial charge in [-0.05, 0) is 61.2 Å². The summed E-state index contributed by atoms with van der Waals surface area (Å²) in [6, 6.07) is 33.1. The van der Waals surface area contributed by atoms with Gasteiger partial charge in [-0.3, -0.25) is 4.98 Å². The minimum Gasteiger partial charge on any atom is -0.486 e. The van der Waals surface area contributed by atoms with E-state index in [0.29, 0.717) is 11.8 Å². The van der Waals surface area contributed by atoms with Crippen LogP contribution in [0.2, 0.25) is 0 Å². The molecule has 227 valence electrons. The number of imidazole rings is 1. The Morgan fingerprint density at radius 1 is 0.889 bits per heavy atom. The average molecular weight is 767 g/mol. The van der Waals surface area contributed by atoms with Gasteiger partial charge in [-0.2, -0.15) is 0 Å².